The molecule has 0 spiro atoms. The number of phenolic OH excluding ortho intramolecular Hbond substituents is 3. The molecule has 0 unspecified atom stereocenters. The van der Waals surface area contributed by atoms with Crippen LogP contribution in [0.15, 0.2) is 208 Å². The average molecular weight is 1850 g/mol. The fraction of sp³-hybridized carbons (Fsp3) is 0.234. The largest absolute Gasteiger partial charge is 0.508 e. The van der Waals surface area contributed by atoms with Gasteiger partial charge in [-0.05, 0) is 139 Å². The second kappa shape index (κ2) is 36.4. The average Bonchev–Trinajstić information content (AvgIpc) is 1.61. The number of phenols is 3. The van der Waals surface area contributed by atoms with Gasteiger partial charge in [-0.25, -0.2) is 24.9 Å². The molecule has 0 aliphatic carbocycles. The monoisotopic (exact) mass is 1850 g/mol. The van der Waals surface area contributed by atoms with Crippen molar-refractivity contribution in [2.45, 2.75) is 66.2 Å². The lowest BCUT2D eigenvalue weighted by Gasteiger charge is -2.36. The van der Waals surface area contributed by atoms with Gasteiger partial charge in [-0.15, -0.1) is 10.2 Å². The number of aromatic hydroxyl groups is 3. The second-order valence-electron chi connectivity index (χ2n) is 33.7. The van der Waals surface area contributed by atoms with Gasteiger partial charge in [0.05, 0.1) is 57.7 Å². The first-order valence-corrected chi connectivity index (χ1v) is 44.3. The van der Waals surface area contributed by atoms with Gasteiger partial charge in [-0.3, -0.25) is 43.6 Å². The maximum atomic E-state index is 13.2. The van der Waals surface area contributed by atoms with Crippen LogP contribution in [-0.4, -0.2) is 257 Å². The highest BCUT2D eigenvalue weighted by atomic mass is 16.4. The number of amides is 2. The van der Waals surface area contributed by atoms with Gasteiger partial charge in [0.25, 0.3) is 11.8 Å². The van der Waals surface area contributed by atoms with Crippen LogP contribution in [0.4, 0.5) is 52.5 Å². The zero-order valence-corrected chi connectivity index (χ0v) is 74.2. The Hall–Kier alpha value is -18.2. The van der Waals surface area contributed by atoms with E-state index in [-0.39, 0.29) is 72.8 Å². The zero-order valence-electron chi connectivity index (χ0n) is 74.2. The number of carboxylic acid groups (broad SMARTS) is 2. The fourth-order valence-electron chi connectivity index (χ4n) is 17.8. The first kappa shape index (κ1) is 86.5. The van der Waals surface area contributed by atoms with Crippen molar-refractivity contribution in [1.82, 2.24) is 118 Å². The lowest BCUT2D eigenvalue weighted by Crippen LogP contribution is -2.47. The summed E-state index contributed by atoms with van der Waals surface area (Å²) in [5.74, 6) is 2.01. The van der Waals surface area contributed by atoms with Crippen molar-refractivity contribution in [1.29, 1.82) is 0 Å². The molecule has 6 aromatic carbocycles. The molecule has 6 aliphatic rings. The van der Waals surface area contributed by atoms with Gasteiger partial charge in [0.2, 0.25) is 23.8 Å². The molecule has 0 atom stereocenters. The van der Waals surface area contributed by atoms with Crippen LogP contribution >= 0.6 is 0 Å². The normalized spacial score (nSPS) is 14.7. The molecular weight excluding hydrogens is 1770 g/mol. The predicted molar refractivity (Wildman–Crippen MR) is 506 cm³/mol. The van der Waals surface area contributed by atoms with E-state index in [0.29, 0.717) is 147 Å². The molecule has 18 heterocycles. The molecular formula is C94H85N33O11. The van der Waals surface area contributed by atoms with E-state index < -0.39 is 11.9 Å². The minimum absolute atomic E-state index is 0.0575. The van der Waals surface area contributed by atoms with Crippen molar-refractivity contribution in [2.75, 3.05) is 123 Å². The van der Waals surface area contributed by atoms with Crippen molar-refractivity contribution in [3.05, 3.63) is 241 Å². The minimum Gasteiger partial charge on any atom is -0.508 e. The summed E-state index contributed by atoms with van der Waals surface area (Å²) in [6, 6.07) is 50.1. The minimum atomic E-state index is -0.999. The number of carbonyl (C=O) groups is 6. The molecule has 6 aliphatic heterocycles. The maximum absolute atomic E-state index is 13.2. The van der Waals surface area contributed by atoms with Crippen molar-refractivity contribution in [3.8, 4) is 28.9 Å². The number of pyridine rings is 2. The number of nitrogens with zero attached hydrogens (tertiary/aromatic N) is 33. The number of aliphatic carboxylic acids is 2. The number of ketones is 2. The number of Topliss-reactive ketones (excluding diaryl/α,β-unsaturated/α-hetero) is 2. The smallest absolute Gasteiger partial charge is 0.323 e. The number of aromatic nitrogens is 24. The fourth-order valence-corrected chi connectivity index (χ4v) is 17.8. The molecule has 0 radical (unpaired) electrons. The van der Waals surface area contributed by atoms with E-state index in [1.54, 1.807) is 113 Å². The summed E-state index contributed by atoms with van der Waals surface area (Å²) in [5, 5.41) is 64.3. The number of hydrogen-bond acceptors (Lipinski definition) is 34. The maximum Gasteiger partial charge on any atom is 0.323 e. The highest BCUT2D eigenvalue weighted by molar-refractivity contribution is 6.13. The number of anilines is 9. The Morgan fingerprint density at radius 2 is 0.696 bits per heavy atom. The first-order valence-electron chi connectivity index (χ1n) is 44.3. The Balaban J connectivity index is 0.000000110. The summed E-state index contributed by atoms with van der Waals surface area (Å²) in [6.45, 7) is 13.7. The lowest BCUT2D eigenvalue weighted by atomic mass is 10.1. The third-order valence-electron chi connectivity index (χ3n) is 24.6. The van der Waals surface area contributed by atoms with E-state index in [4.69, 9.17) is 29.9 Å². The third-order valence-corrected chi connectivity index (χ3v) is 24.6. The van der Waals surface area contributed by atoms with Crippen molar-refractivity contribution in [2.24, 2.45) is 0 Å². The quantitative estimate of drug-likeness (QED) is 0.0514. The van der Waals surface area contributed by atoms with Crippen molar-refractivity contribution in [3.63, 3.8) is 0 Å². The van der Waals surface area contributed by atoms with Crippen LogP contribution in [0.25, 0.3) is 78.5 Å². The van der Waals surface area contributed by atoms with E-state index >= 15 is 0 Å². The number of fused-ring (bicyclic) bond motifs is 9. The summed E-state index contributed by atoms with van der Waals surface area (Å²) in [7, 11) is 0. The van der Waals surface area contributed by atoms with E-state index in [9.17, 15) is 54.3 Å². The first-order chi connectivity index (χ1) is 67.2. The molecule has 5 N–H and O–H groups in total. The van der Waals surface area contributed by atoms with Crippen LogP contribution in [0.5, 0.6) is 17.2 Å². The molecule has 44 heteroatoms. The molecule has 138 heavy (non-hydrogen) atoms. The Labute approximate surface area is 781 Å². The van der Waals surface area contributed by atoms with Crippen molar-refractivity contribution < 1.29 is 54.3 Å². The number of piperazine rings is 3. The van der Waals surface area contributed by atoms with Gasteiger partial charge in [0, 0.05) is 132 Å². The molecule has 0 saturated carbocycles. The molecule has 0 bridgehead atoms. The topological polar surface area (TPSA) is 494 Å². The highest BCUT2D eigenvalue weighted by Crippen LogP contribution is 2.39. The molecule has 3 saturated heterocycles. The summed E-state index contributed by atoms with van der Waals surface area (Å²) in [5.41, 5.74) is 15.0. The van der Waals surface area contributed by atoms with Crippen LogP contribution < -0.4 is 44.1 Å². The zero-order chi connectivity index (χ0) is 94.5. The van der Waals surface area contributed by atoms with E-state index in [0.717, 1.165) is 105 Å². The third kappa shape index (κ3) is 17.1. The highest BCUT2D eigenvalue weighted by Gasteiger charge is 2.38. The molecule has 12 aromatic heterocycles. The van der Waals surface area contributed by atoms with Gasteiger partial charge < -0.3 is 78.1 Å². The van der Waals surface area contributed by atoms with E-state index in [2.05, 4.69) is 114 Å². The van der Waals surface area contributed by atoms with E-state index in [1.807, 2.05) is 82.3 Å². The Kier molecular flexibility index (Phi) is 22.8. The van der Waals surface area contributed by atoms with E-state index in [1.165, 1.54) is 55.7 Å². The summed E-state index contributed by atoms with van der Waals surface area (Å²) < 4.78 is 9.46. The predicted octanol–water partition coefficient (Wildman–Crippen LogP) is 7.85. The van der Waals surface area contributed by atoms with Crippen LogP contribution in [0.2, 0.25) is 0 Å². The van der Waals surface area contributed by atoms with Crippen LogP contribution in [-0.2, 0) is 71.5 Å². The summed E-state index contributed by atoms with van der Waals surface area (Å²) >= 11 is 0. The molecule has 692 valence electrons. The number of benzene rings is 6. The molecule has 18 aromatic rings. The lowest BCUT2D eigenvalue weighted by molar-refractivity contribution is -0.138. The van der Waals surface area contributed by atoms with Gasteiger partial charge in [0.15, 0.2) is 73.6 Å². The number of rotatable bonds is 19. The van der Waals surface area contributed by atoms with Gasteiger partial charge >= 0.3 is 11.9 Å². The van der Waals surface area contributed by atoms with Crippen molar-refractivity contribution >= 4 is 155 Å². The summed E-state index contributed by atoms with van der Waals surface area (Å²) in [4.78, 5) is 156. The van der Waals surface area contributed by atoms with Gasteiger partial charge in [-0.1, -0.05) is 71.1 Å². The standard InChI is InChI=1S/C26H27N7O2.C24H18N6O3.2C22H20N10O3/c1-18(34)14-33-17-27-23-24(32-15-19-4-2-3-5-20(19)16-32)28-26(29-25(23)33)31-12-10-30(11-13-31)21-6-8-22(35)9-7-21;1-14(31)10-28-13-25-19-20(28)26-24(30-12-16-7-3-5-9-18(16)23(30)33)27-21(19)29-11-15-6-2-4-8-17(15)22(29)32;33-15-3-1-14(2-4-15)29-7-9-30(10-8-29)22-25-20-19(24-13-31(20)12-18(34)35)21(26-22)32-17-11-23-6-5-16(17)27-28-32;33-15-5-3-14(4-6-15)29-8-10-30(11-9-29)22-25-20-18(24-13-31(20)12-17(34)35)21(26-22)32-19-16(27-28-32)2-1-7-23-19/h2-9,17,35H,10-16H2,1H3;2-9,13H,10-12H2,1H3;1-6,11,13,33H,7-10,12H2,(H,34,35);1-7,13,33H,8-12H2,(H,34,35). The van der Waals surface area contributed by atoms with Gasteiger partial charge in [-0.2, -0.15) is 49.2 Å². The molecule has 44 nitrogen and oxygen atoms in total. The molecule has 24 rings (SSSR count). The number of carboxylic acids is 2. The van der Waals surface area contributed by atoms with Crippen LogP contribution in [0.3, 0.4) is 0 Å². The SMILES string of the molecule is CC(=O)Cn1cnc2c(N3Cc4ccccc4C3)nc(N3CCN(c4ccc(O)cc4)CC3)nc21.CC(=O)Cn1cnc2c(N3Cc4ccccc4C3=O)nc(N3Cc4ccccc4C3=O)nc21.O=C(O)Cn1cnc2c(-n3nnc4cccnc43)nc(N3CCN(c4ccc(O)cc4)CC3)nc21.O=C(O)Cn1cnc2c(-n3nnc4ccncc43)nc(N3CCN(c4ccc(O)cc4)CC3)nc21. The summed E-state index contributed by atoms with van der Waals surface area (Å²) in [6.07, 6.45) is 11.0. The number of imidazole rings is 4. The molecule has 3 fully saturated rings. The number of carbonyl (C=O) groups excluding carboxylic acids is 4. The number of hydrogen-bond donors (Lipinski definition) is 5. The Morgan fingerprint density at radius 1 is 0.326 bits per heavy atom. The second-order valence-corrected chi connectivity index (χ2v) is 33.7. The Morgan fingerprint density at radius 3 is 1.14 bits per heavy atom. The Bertz CT molecular complexity index is 7510. The van der Waals surface area contributed by atoms with Gasteiger partial charge in [0.1, 0.15) is 58.5 Å². The van der Waals surface area contributed by atoms with Crippen LogP contribution in [0.1, 0.15) is 56.8 Å². The van der Waals surface area contributed by atoms with Crippen LogP contribution in [0, 0.1) is 0 Å². The molecule has 2 amide bonds.